The van der Waals surface area contributed by atoms with Gasteiger partial charge in [-0.25, -0.2) is 0 Å². The fourth-order valence-electron chi connectivity index (χ4n) is 5.29. The predicted octanol–water partition coefficient (Wildman–Crippen LogP) is 3.30. The van der Waals surface area contributed by atoms with Crippen LogP contribution in [0.25, 0.3) is 0 Å². The Morgan fingerprint density at radius 3 is 2.41 bits per heavy atom. The van der Waals surface area contributed by atoms with Gasteiger partial charge < -0.3 is 19.5 Å². The molecule has 5 nitrogen and oxygen atoms in total. The Labute approximate surface area is 176 Å². The smallest absolute Gasteiger partial charge is 0.119 e. The number of piperidine rings is 2. The molecular formula is C24H38N2O3. The van der Waals surface area contributed by atoms with Gasteiger partial charge in [-0.3, -0.25) is 4.90 Å². The second-order valence-electron chi connectivity index (χ2n) is 9.40. The van der Waals surface area contributed by atoms with Crippen LogP contribution >= 0.6 is 0 Å². The molecule has 1 atom stereocenters. The van der Waals surface area contributed by atoms with Crippen molar-refractivity contribution in [2.24, 2.45) is 5.41 Å². The Morgan fingerprint density at radius 2 is 1.66 bits per heavy atom. The molecule has 0 saturated carbocycles. The average Bonchev–Trinajstić information content (AvgIpc) is 2.75. The maximum atomic E-state index is 10.3. The summed E-state index contributed by atoms with van der Waals surface area (Å²) in [7, 11) is 0. The van der Waals surface area contributed by atoms with Crippen molar-refractivity contribution in [3.63, 3.8) is 0 Å². The molecule has 3 fully saturated rings. The van der Waals surface area contributed by atoms with Crippen LogP contribution in [0.4, 0.5) is 0 Å². The maximum absolute atomic E-state index is 10.3. The van der Waals surface area contributed by atoms with E-state index in [9.17, 15) is 5.11 Å². The first-order valence-electron chi connectivity index (χ1n) is 11.6. The molecule has 1 aromatic rings. The number of aliphatic hydroxyl groups excluding tert-OH is 1. The number of β-amino-alcohol motifs (C(OH)–C–C–N with tert-alkyl or cyclic N) is 1. The largest absolute Gasteiger partial charge is 0.491 e. The molecule has 0 amide bonds. The van der Waals surface area contributed by atoms with Crippen molar-refractivity contribution in [1.82, 2.24) is 9.80 Å². The lowest BCUT2D eigenvalue weighted by Crippen LogP contribution is -2.45. The zero-order chi connectivity index (χ0) is 19.9. The second-order valence-corrected chi connectivity index (χ2v) is 9.40. The molecule has 0 aromatic heterocycles. The van der Waals surface area contributed by atoms with Crippen molar-refractivity contribution in [2.45, 2.75) is 57.6 Å². The molecule has 5 heteroatoms. The summed E-state index contributed by atoms with van der Waals surface area (Å²) in [6.45, 7) is 8.59. The van der Waals surface area contributed by atoms with Gasteiger partial charge >= 0.3 is 0 Å². The van der Waals surface area contributed by atoms with E-state index in [4.69, 9.17) is 9.47 Å². The summed E-state index contributed by atoms with van der Waals surface area (Å²) in [5, 5.41) is 10.3. The van der Waals surface area contributed by atoms with Gasteiger partial charge in [-0.05, 0) is 81.3 Å². The molecule has 1 unspecified atom stereocenters. The number of rotatable bonds is 7. The van der Waals surface area contributed by atoms with E-state index in [0.29, 0.717) is 12.0 Å². The van der Waals surface area contributed by atoms with Crippen LogP contribution in [0.15, 0.2) is 24.3 Å². The highest BCUT2D eigenvalue weighted by Crippen LogP contribution is 2.39. The monoisotopic (exact) mass is 402 g/mol. The molecule has 1 N–H and O–H groups in total. The van der Waals surface area contributed by atoms with Crippen LogP contribution in [0.2, 0.25) is 0 Å². The van der Waals surface area contributed by atoms with Gasteiger partial charge in [-0.2, -0.15) is 0 Å². The summed E-state index contributed by atoms with van der Waals surface area (Å²) in [6.07, 6.45) is 8.50. The minimum atomic E-state index is -0.420. The summed E-state index contributed by atoms with van der Waals surface area (Å²) in [4.78, 5) is 4.97. The van der Waals surface area contributed by atoms with Gasteiger partial charge in [-0.1, -0.05) is 18.6 Å². The first kappa shape index (κ1) is 21.1. The fourth-order valence-corrected chi connectivity index (χ4v) is 5.29. The topological polar surface area (TPSA) is 45.2 Å². The summed E-state index contributed by atoms with van der Waals surface area (Å²) < 4.78 is 11.4. The normalized spacial score (nSPS) is 24.4. The Morgan fingerprint density at radius 1 is 0.931 bits per heavy atom. The van der Waals surface area contributed by atoms with Crippen molar-refractivity contribution in [3.05, 3.63) is 29.8 Å². The Hall–Kier alpha value is -1.14. The molecule has 0 bridgehead atoms. The van der Waals surface area contributed by atoms with E-state index >= 15 is 0 Å². The zero-order valence-corrected chi connectivity index (χ0v) is 17.9. The summed E-state index contributed by atoms with van der Waals surface area (Å²) in [5.74, 6) is 0.853. The molecule has 29 heavy (non-hydrogen) atoms. The molecule has 1 aromatic carbocycles. The van der Waals surface area contributed by atoms with E-state index in [0.717, 1.165) is 45.1 Å². The fraction of sp³-hybridized carbons (Fsp3) is 0.750. The van der Waals surface area contributed by atoms with Crippen molar-refractivity contribution >= 4 is 0 Å². The number of nitrogens with zero attached hydrogens (tertiary/aromatic N) is 2. The Bertz CT molecular complexity index is 604. The predicted molar refractivity (Wildman–Crippen MR) is 115 cm³/mol. The van der Waals surface area contributed by atoms with Crippen molar-refractivity contribution in [2.75, 3.05) is 52.5 Å². The van der Waals surface area contributed by atoms with Gasteiger partial charge in [0, 0.05) is 32.8 Å². The molecule has 4 rings (SSSR count). The molecule has 3 aliphatic rings. The standard InChI is InChI=1S/C24H38N2O3/c27-22(18-25-12-2-1-3-13-25)19-29-23-7-5-21(6-8-23)17-26-14-4-9-24(20-26)10-15-28-16-11-24/h5-8,22,27H,1-4,9-20H2. The summed E-state index contributed by atoms with van der Waals surface area (Å²) in [5.41, 5.74) is 1.83. The Kier molecular flexibility index (Phi) is 7.46. The van der Waals surface area contributed by atoms with Crippen LogP contribution in [0.1, 0.15) is 50.5 Å². The van der Waals surface area contributed by atoms with Crippen LogP contribution in [-0.2, 0) is 11.3 Å². The van der Waals surface area contributed by atoms with E-state index in [2.05, 4.69) is 34.1 Å². The molecule has 0 radical (unpaired) electrons. The van der Waals surface area contributed by atoms with Gasteiger partial charge in [0.05, 0.1) is 0 Å². The molecule has 3 heterocycles. The van der Waals surface area contributed by atoms with Crippen LogP contribution in [-0.4, -0.2) is 73.6 Å². The van der Waals surface area contributed by atoms with E-state index in [-0.39, 0.29) is 0 Å². The third kappa shape index (κ3) is 6.17. The SMILES string of the molecule is OC(COc1ccc(CN2CCCC3(CCOCC3)C2)cc1)CN1CCCCC1. The highest BCUT2D eigenvalue weighted by atomic mass is 16.5. The van der Waals surface area contributed by atoms with Gasteiger partial charge in [0.15, 0.2) is 0 Å². The van der Waals surface area contributed by atoms with Crippen molar-refractivity contribution in [1.29, 1.82) is 0 Å². The molecule has 0 aliphatic carbocycles. The number of aliphatic hydroxyl groups is 1. The highest BCUT2D eigenvalue weighted by molar-refractivity contribution is 5.27. The van der Waals surface area contributed by atoms with E-state index in [1.54, 1.807) is 0 Å². The number of benzene rings is 1. The van der Waals surface area contributed by atoms with E-state index in [1.807, 2.05) is 0 Å². The van der Waals surface area contributed by atoms with Gasteiger partial charge in [0.25, 0.3) is 0 Å². The third-order valence-electron chi connectivity index (χ3n) is 6.98. The molecule has 3 aliphatic heterocycles. The van der Waals surface area contributed by atoms with Gasteiger partial charge in [-0.15, -0.1) is 0 Å². The maximum Gasteiger partial charge on any atom is 0.119 e. The summed E-state index contributed by atoms with van der Waals surface area (Å²) >= 11 is 0. The number of hydrogen-bond donors (Lipinski definition) is 1. The molecule has 162 valence electrons. The molecule has 1 spiro atoms. The van der Waals surface area contributed by atoms with Crippen LogP contribution in [0.5, 0.6) is 5.75 Å². The quantitative estimate of drug-likeness (QED) is 0.758. The minimum Gasteiger partial charge on any atom is -0.491 e. The van der Waals surface area contributed by atoms with Crippen LogP contribution in [0.3, 0.4) is 0 Å². The Balaban J connectivity index is 1.21. The first-order chi connectivity index (χ1) is 14.2. The number of ether oxygens (including phenoxy) is 2. The van der Waals surface area contributed by atoms with Crippen molar-refractivity contribution < 1.29 is 14.6 Å². The highest BCUT2D eigenvalue weighted by Gasteiger charge is 2.36. The number of hydrogen-bond acceptors (Lipinski definition) is 5. The lowest BCUT2D eigenvalue weighted by atomic mass is 9.74. The van der Waals surface area contributed by atoms with E-state index in [1.165, 1.54) is 63.6 Å². The lowest BCUT2D eigenvalue weighted by Gasteiger charge is -2.45. The lowest BCUT2D eigenvalue weighted by molar-refractivity contribution is -0.0291. The minimum absolute atomic E-state index is 0.368. The zero-order valence-electron chi connectivity index (χ0n) is 17.9. The van der Waals surface area contributed by atoms with Crippen LogP contribution < -0.4 is 4.74 Å². The van der Waals surface area contributed by atoms with Crippen LogP contribution in [0, 0.1) is 5.41 Å². The third-order valence-corrected chi connectivity index (χ3v) is 6.98. The molecular weight excluding hydrogens is 364 g/mol. The van der Waals surface area contributed by atoms with Gasteiger partial charge in [0.1, 0.15) is 18.5 Å². The summed E-state index contributed by atoms with van der Waals surface area (Å²) in [6, 6.07) is 8.46. The second kappa shape index (κ2) is 10.3. The van der Waals surface area contributed by atoms with Crippen molar-refractivity contribution in [3.8, 4) is 5.75 Å². The first-order valence-corrected chi connectivity index (χ1v) is 11.6. The van der Waals surface area contributed by atoms with E-state index < -0.39 is 6.10 Å². The van der Waals surface area contributed by atoms with Gasteiger partial charge in [0.2, 0.25) is 0 Å². The molecule has 3 saturated heterocycles. The average molecular weight is 403 g/mol. The number of likely N-dealkylation sites (tertiary alicyclic amines) is 2.